The molecule has 0 bridgehead atoms. The number of hydrogen-bond acceptors (Lipinski definition) is 6. The highest BCUT2D eigenvalue weighted by Gasteiger charge is 2.39. The van der Waals surface area contributed by atoms with Gasteiger partial charge in [-0.1, -0.05) is 0 Å². The van der Waals surface area contributed by atoms with Crippen LogP contribution in [0.4, 0.5) is 33.5 Å². The summed E-state index contributed by atoms with van der Waals surface area (Å²) in [4.78, 5) is 16.8. The summed E-state index contributed by atoms with van der Waals surface area (Å²) in [5.74, 6) is 0.619. The lowest BCUT2D eigenvalue weighted by Gasteiger charge is -2.48. The van der Waals surface area contributed by atoms with Gasteiger partial charge >= 0.3 is 6.18 Å². The number of nitrogens with zero attached hydrogens (tertiary/aromatic N) is 7. The number of pyridine rings is 1. The summed E-state index contributed by atoms with van der Waals surface area (Å²) < 4.78 is 66.2. The zero-order valence-electron chi connectivity index (χ0n) is 18.3. The lowest BCUT2D eigenvalue weighted by atomic mass is 9.72. The minimum absolute atomic E-state index is 0.00202. The van der Waals surface area contributed by atoms with Gasteiger partial charge in [-0.05, 0) is 37.2 Å². The molecule has 2 aliphatic rings. The number of hydrogen-bond donors (Lipinski definition) is 0. The van der Waals surface area contributed by atoms with Crippen molar-refractivity contribution < 1.29 is 22.0 Å². The van der Waals surface area contributed by atoms with E-state index in [-0.39, 0.29) is 5.41 Å². The number of piperidine rings is 2. The molecule has 2 aliphatic heterocycles. The van der Waals surface area contributed by atoms with Gasteiger partial charge in [0.2, 0.25) is 0 Å². The van der Waals surface area contributed by atoms with Crippen LogP contribution in [0.25, 0.3) is 11.2 Å². The smallest absolute Gasteiger partial charge is 0.370 e. The summed E-state index contributed by atoms with van der Waals surface area (Å²) in [7, 11) is 0. The number of halogens is 5. The van der Waals surface area contributed by atoms with E-state index in [2.05, 4.69) is 25.0 Å². The van der Waals surface area contributed by atoms with Crippen LogP contribution in [0.2, 0.25) is 0 Å². The summed E-state index contributed by atoms with van der Waals surface area (Å²) >= 11 is 0. The van der Waals surface area contributed by atoms with E-state index in [1.807, 2.05) is 4.90 Å². The largest absolute Gasteiger partial charge is 0.417 e. The van der Waals surface area contributed by atoms with Crippen LogP contribution in [0.1, 0.15) is 31.2 Å². The average Bonchev–Trinajstić information content (AvgIpc) is 3.20. The maximum Gasteiger partial charge on any atom is 0.417 e. The molecule has 3 aromatic rings. The van der Waals surface area contributed by atoms with E-state index in [4.69, 9.17) is 0 Å². The fourth-order valence-electron chi connectivity index (χ4n) is 5.06. The van der Waals surface area contributed by atoms with Crippen LogP contribution in [0, 0.1) is 5.41 Å². The fourth-order valence-corrected chi connectivity index (χ4v) is 5.06. The summed E-state index contributed by atoms with van der Waals surface area (Å²) in [5.41, 5.74) is 0.562. The molecule has 0 amide bonds. The van der Waals surface area contributed by atoms with Gasteiger partial charge in [0.15, 0.2) is 5.65 Å². The zero-order chi connectivity index (χ0) is 23.9. The molecular formula is C22H24F5N7. The van der Waals surface area contributed by atoms with Gasteiger partial charge in [0, 0.05) is 32.4 Å². The first-order valence-corrected chi connectivity index (χ1v) is 11.2. The van der Waals surface area contributed by atoms with Crippen molar-refractivity contribution in [1.82, 2.24) is 24.7 Å². The van der Waals surface area contributed by atoms with Gasteiger partial charge < -0.3 is 9.80 Å². The molecule has 1 spiro atoms. The third-order valence-electron chi connectivity index (χ3n) is 6.87. The maximum atomic E-state index is 13.1. The molecule has 2 saturated heterocycles. The molecule has 34 heavy (non-hydrogen) atoms. The molecule has 3 aromatic heterocycles. The zero-order valence-corrected chi connectivity index (χ0v) is 18.3. The Kier molecular flexibility index (Phi) is 5.76. The van der Waals surface area contributed by atoms with Crippen molar-refractivity contribution in [3.05, 3.63) is 36.4 Å². The van der Waals surface area contributed by atoms with Gasteiger partial charge in [-0.3, -0.25) is 4.98 Å². The highest BCUT2D eigenvalue weighted by Crippen LogP contribution is 2.42. The molecule has 12 heteroatoms. The monoisotopic (exact) mass is 481 g/mol. The third kappa shape index (κ3) is 4.49. The van der Waals surface area contributed by atoms with Crippen LogP contribution in [0.5, 0.6) is 0 Å². The molecule has 5 rings (SSSR count). The van der Waals surface area contributed by atoms with Gasteiger partial charge in [0.1, 0.15) is 17.9 Å². The molecule has 5 heterocycles. The van der Waals surface area contributed by atoms with E-state index in [0.717, 1.165) is 31.9 Å². The van der Waals surface area contributed by atoms with Crippen LogP contribution < -0.4 is 9.80 Å². The average molecular weight is 481 g/mol. The molecule has 0 unspecified atom stereocenters. The second kappa shape index (κ2) is 8.62. The number of anilines is 2. The van der Waals surface area contributed by atoms with E-state index in [1.165, 1.54) is 23.1 Å². The first-order chi connectivity index (χ1) is 16.2. The minimum atomic E-state index is -4.42. The molecule has 0 saturated carbocycles. The Hall–Kier alpha value is -3.05. The first-order valence-electron chi connectivity index (χ1n) is 11.2. The van der Waals surface area contributed by atoms with E-state index in [9.17, 15) is 22.0 Å². The van der Waals surface area contributed by atoms with Crippen molar-refractivity contribution in [2.45, 2.75) is 44.8 Å². The molecule has 0 radical (unpaired) electrons. The molecule has 0 N–H and O–H groups in total. The fraction of sp³-hybridized carbons (Fsp3) is 0.545. The second-order valence-electron chi connectivity index (χ2n) is 9.10. The van der Waals surface area contributed by atoms with Crippen LogP contribution in [0.3, 0.4) is 0 Å². The predicted octanol–water partition coefficient (Wildman–Crippen LogP) is 4.39. The quantitative estimate of drug-likeness (QED) is 0.515. The maximum absolute atomic E-state index is 13.1. The first kappa shape index (κ1) is 22.7. The Morgan fingerprint density at radius 1 is 0.971 bits per heavy atom. The molecule has 182 valence electrons. The van der Waals surface area contributed by atoms with Crippen molar-refractivity contribution in [2.24, 2.45) is 5.41 Å². The molecular weight excluding hydrogens is 457 g/mol. The molecule has 0 aromatic carbocycles. The molecule has 0 aliphatic carbocycles. The van der Waals surface area contributed by atoms with E-state index in [1.54, 1.807) is 6.20 Å². The van der Waals surface area contributed by atoms with Crippen molar-refractivity contribution in [1.29, 1.82) is 0 Å². The SMILES string of the molecule is FC(F)Cn1ncc2ncc(N3CCC4(CCCN(c5cncc(C(F)(F)F)c5)C4)CC3)nc21. The van der Waals surface area contributed by atoms with Gasteiger partial charge in [0.05, 0.1) is 29.8 Å². The van der Waals surface area contributed by atoms with Crippen molar-refractivity contribution in [2.75, 3.05) is 36.0 Å². The molecule has 2 fully saturated rings. The van der Waals surface area contributed by atoms with E-state index in [0.29, 0.717) is 48.8 Å². The summed E-state index contributed by atoms with van der Waals surface area (Å²) in [6.07, 6.45) is 2.07. The van der Waals surface area contributed by atoms with Gasteiger partial charge in [-0.2, -0.15) is 18.3 Å². The Bertz CT molecular complexity index is 1150. The molecule has 7 nitrogen and oxygen atoms in total. The van der Waals surface area contributed by atoms with Gasteiger partial charge in [0.25, 0.3) is 6.43 Å². The van der Waals surface area contributed by atoms with Crippen LogP contribution in [-0.4, -0.2) is 57.3 Å². The van der Waals surface area contributed by atoms with Crippen molar-refractivity contribution in [3.8, 4) is 0 Å². The standard InChI is InChI=1S/C22H24F5N7/c23-18(24)13-34-20-17(11-30-34)29-12-19(31-20)32-6-3-21(4-7-32)2-1-5-33(14-21)16-8-15(9-28-10-16)22(25,26)27/h8-12,18H,1-7,13-14H2. The lowest BCUT2D eigenvalue weighted by molar-refractivity contribution is -0.137. The predicted molar refractivity (Wildman–Crippen MR) is 116 cm³/mol. The summed E-state index contributed by atoms with van der Waals surface area (Å²) in [6.45, 7) is 2.25. The molecule has 0 atom stereocenters. The second-order valence-corrected chi connectivity index (χ2v) is 9.10. The van der Waals surface area contributed by atoms with Gasteiger partial charge in [-0.15, -0.1) is 0 Å². The lowest BCUT2D eigenvalue weighted by Crippen LogP contribution is -2.50. The minimum Gasteiger partial charge on any atom is -0.370 e. The Labute approximate surface area is 192 Å². The Balaban J connectivity index is 1.29. The number of rotatable bonds is 4. The highest BCUT2D eigenvalue weighted by atomic mass is 19.4. The van der Waals surface area contributed by atoms with Gasteiger partial charge in [-0.25, -0.2) is 23.4 Å². The van der Waals surface area contributed by atoms with Crippen LogP contribution >= 0.6 is 0 Å². The number of alkyl halides is 5. The van der Waals surface area contributed by atoms with E-state index < -0.39 is 24.7 Å². The summed E-state index contributed by atoms with van der Waals surface area (Å²) in [5, 5.41) is 3.96. The highest BCUT2D eigenvalue weighted by molar-refractivity contribution is 5.71. The van der Waals surface area contributed by atoms with E-state index >= 15 is 0 Å². The Morgan fingerprint density at radius 3 is 2.50 bits per heavy atom. The number of aromatic nitrogens is 5. The van der Waals surface area contributed by atoms with Crippen molar-refractivity contribution in [3.63, 3.8) is 0 Å². The summed E-state index contributed by atoms with van der Waals surface area (Å²) in [6, 6.07) is 1.18. The van der Waals surface area contributed by atoms with Crippen LogP contribution in [0.15, 0.2) is 30.9 Å². The Morgan fingerprint density at radius 2 is 1.76 bits per heavy atom. The number of fused-ring (bicyclic) bond motifs is 1. The van der Waals surface area contributed by atoms with Crippen molar-refractivity contribution >= 4 is 22.7 Å². The van der Waals surface area contributed by atoms with Crippen LogP contribution in [-0.2, 0) is 12.7 Å². The third-order valence-corrected chi connectivity index (χ3v) is 6.87. The topological polar surface area (TPSA) is 63.0 Å². The normalized spacial score (nSPS) is 18.9.